The third-order valence-corrected chi connectivity index (χ3v) is 7.34. The van der Waals surface area contributed by atoms with Crippen molar-refractivity contribution in [2.75, 3.05) is 5.32 Å². The van der Waals surface area contributed by atoms with E-state index in [1.807, 2.05) is 30.3 Å². The van der Waals surface area contributed by atoms with Gasteiger partial charge in [0.2, 0.25) is 10.0 Å². The van der Waals surface area contributed by atoms with E-state index in [1.165, 1.54) is 42.5 Å². The molecule has 2 N–H and O–H groups in total. The lowest BCUT2D eigenvalue weighted by molar-refractivity contribution is -0.123. The smallest absolute Gasteiger partial charge is 0.351 e. The molecule has 174 valence electrons. The van der Waals surface area contributed by atoms with Crippen LogP contribution in [0, 0.1) is 6.92 Å². The van der Waals surface area contributed by atoms with Gasteiger partial charge in [0, 0.05) is 17.3 Å². The van der Waals surface area contributed by atoms with E-state index in [4.69, 9.17) is 4.74 Å². The molecule has 0 saturated heterocycles. The second-order valence-corrected chi connectivity index (χ2v) is 10.3. The summed E-state index contributed by atoms with van der Waals surface area (Å²) in [6, 6.07) is 15.0. The molecule has 2 aromatic carbocycles. The fourth-order valence-corrected chi connectivity index (χ4v) is 5.10. The Morgan fingerprint density at radius 2 is 1.64 bits per heavy atom. The van der Waals surface area contributed by atoms with Crippen LogP contribution in [0.3, 0.4) is 0 Å². The van der Waals surface area contributed by atoms with E-state index in [9.17, 15) is 18.0 Å². The Balaban J connectivity index is 1.63. The van der Waals surface area contributed by atoms with Crippen molar-refractivity contribution in [2.45, 2.75) is 44.7 Å². The second kappa shape index (κ2) is 10.2. The first-order valence-corrected chi connectivity index (χ1v) is 12.5. The van der Waals surface area contributed by atoms with E-state index < -0.39 is 28.0 Å². The summed E-state index contributed by atoms with van der Waals surface area (Å²) >= 11 is 1.21. The molecule has 1 amide bonds. The summed E-state index contributed by atoms with van der Waals surface area (Å²) < 4.78 is 32.2. The highest BCUT2D eigenvalue weighted by Crippen LogP contribution is 2.28. The minimum absolute atomic E-state index is 0.0866. The van der Waals surface area contributed by atoms with Gasteiger partial charge in [0.1, 0.15) is 9.88 Å². The molecule has 1 atom stereocenters. The number of hydrogen-bond acceptors (Lipinski definition) is 7. The molecule has 0 aliphatic carbocycles. The lowest BCUT2D eigenvalue weighted by Gasteiger charge is -2.14. The van der Waals surface area contributed by atoms with Crippen molar-refractivity contribution in [1.82, 2.24) is 9.71 Å². The zero-order valence-electron chi connectivity index (χ0n) is 18.7. The highest BCUT2D eigenvalue weighted by molar-refractivity contribution is 7.89. The van der Waals surface area contributed by atoms with E-state index in [2.05, 4.69) is 15.0 Å². The third-order valence-electron chi connectivity index (χ3n) is 4.48. The van der Waals surface area contributed by atoms with Gasteiger partial charge >= 0.3 is 5.97 Å². The number of amides is 1. The molecule has 3 rings (SSSR count). The molecule has 10 heteroatoms. The predicted octanol–water partition coefficient (Wildman–Crippen LogP) is 3.99. The average Bonchev–Trinajstić information content (AvgIpc) is 3.15. The molecule has 1 heterocycles. The summed E-state index contributed by atoms with van der Waals surface area (Å²) in [4.78, 5) is 30.0. The molecule has 0 saturated carbocycles. The number of aromatic nitrogens is 1. The highest BCUT2D eigenvalue weighted by Gasteiger charge is 2.23. The number of sulfonamides is 1. The van der Waals surface area contributed by atoms with Crippen molar-refractivity contribution < 1.29 is 22.7 Å². The zero-order valence-corrected chi connectivity index (χ0v) is 20.3. The van der Waals surface area contributed by atoms with Crippen LogP contribution < -0.4 is 10.0 Å². The monoisotopic (exact) mass is 487 g/mol. The highest BCUT2D eigenvalue weighted by atomic mass is 32.2. The second-order valence-electron chi connectivity index (χ2n) is 7.64. The number of anilines is 1. The van der Waals surface area contributed by atoms with Crippen LogP contribution >= 0.6 is 11.3 Å². The molecule has 0 aliphatic heterocycles. The number of nitrogens with zero attached hydrogens (tertiary/aromatic N) is 1. The molecule has 0 radical (unpaired) electrons. The predicted molar refractivity (Wildman–Crippen MR) is 128 cm³/mol. The van der Waals surface area contributed by atoms with Crippen LogP contribution in [-0.2, 0) is 19.6 Å². The number of aryl methyl sites for hydroxylation is 1. The number of esters is 1. The summed E-state index contributed by atoms with van der Waals surface area (Å²) in [7, 11) is -3.63. The number of nitrogens with one attached hydrogen (secondary N) is 2. The van der Waals surface area contributed by atoms with Crippen LogP contribution in [0.25, 0.3) is 10.6 Å². The summed E-state index contributed by atoms with van der Waals surface area (Å²) in [6.07, 6.45) is -1.06. The van der Waals surface area contributed by atoms with E-state index in [0.717, 1.165) is 5.56 Å². The molecule has 0 spiro atoms. The largest absolute Gasteiger partial charge is 0.448 e. The number of benzene rings is 2. The standard InChI is InChI=1S/C23H25N3O5S2/c1-14(2)26-33(29,30)19-12-10-18(11-13-19)25-21(27)16(4)31-23(28)20-15(3)24-22(32-20)17-8-6-5-7-9-17/h5-14,16,26H,1-4H3,(H,25,27)/t16-/m1/s1. The van der Waals surface area contributed by atoms with E-state index in [1.54, 1.807) is 20.8 Å². The number of thiazole rings is 1. The van der Waals surface area contributed by atoms with Crippen molar-refractivity contribution in [3.8, 4) is 10.6 Å². The van der Waals surface area contributed by atoms with E-state index in [0.29, 0.717) is 21.3 Å². The Labute approximate surface area is 197 Å². The Bertz CT molecular complexity index is 1240. The Morgan fingerprint density at radius 1 is 1.00 bits per heavy atom. The summed E-state index contributed by atoms with van der Waals surface area (Å²) in [6.45, 7) is 6.64. The van der Waals surface area contributed by atoms with Crippen LogP contribution in [0.15, 0.2) is 59.5 Å². The molecule has 8 nitrogen and oxygen atoms in total. The average molecular weight is 488 g/mol. The lowest BCUT2D eigenvalue weighted by Crippen LogP contribution is -2.30. The molecular formula is C23H25N3O5S2. The van der Waals surface area contributed by atoms with Crippen molar-refractivity contribution in [3.63, 3.8) is 0 Å². The van der Waals surface area contributed by atoms with Gasteiger partial charge in [-0.05, 0) is 52.0 Å². The Kier molecular flexibility index (Phi) is 7.62. The fraction of sp³-hybridized carbons (Fsp3) is 0.261. The lowest BCUT2D eigenvalue weighted by atomic mass is 10.2. The van der Waals surface area contributed by atoms with Gasteiger partial charge < -0.3 is 10.1 Å². The normalized spacial score (nSPS) is 12.4. The van der Waals surface area contributed by atoms with Gasteiger partial charge in [-0.2, -0.15) is 0 Å². The maximum Gasteiger partial charge on any atom is 0.351 e. The van der Waals surface area contributed by atoms with Gasteiger partial charge in [-0.1, -0.05) is 30.3 Å². The number of carbonyl (C=O) groups is 2. The van der Waals surface area contributed by atoms with Crippen LogP contribution in [-0.4, -0.2) is 37.4 Å². The molecule has 33 heavy (non-hydrogen) atoms. The van der Waals surface area contributed by atoms with Gasteiger partial charge in [0.25, 0.3) is 5.91 Å². The zero-order chi connectivity index (χ0) is 24.2. The molecule has 3 aromatic rings. The quantitative estimate of drug-likeness (QED) is 0.465. The van der Waals surface area contributed by atoms with Gasteiger partial charge in [0.15, 0.2) is 6.10 Å². The van der Waals surface area contributed by atoms with Gasteiger partial charge in [-0.25, -0.2) is 22.9 Å². The van der Waals surface area contributed by atoms with Crippen molar-refractivity contribution in [2.24, 2.45) is 0 Å². The maximum atomic E-state index is 12.6. The van der Waals surface area contributed by atoms with Gasteiger partial charge in [-0.15, -0.1) is 11.3 Å². The molecule has 0 unspecified atom stereocenters. The van der Waals surface area contributed by atoms with Crippen LogP contribution in [0.4, 0.5) is 5.69 Å². The first-order valence-electron chi connectivity index (χ1n) is 10.2. The molecule has 0 aliphatic rings. The van der Waals surface area contributed by atoms with E-state index in [-0.39, 0.29) is 10.9 Å². The van der Waals surface area contributed by atoms with E-state index >= 15 is 0 Å². The molecule has 1 aromatic heterocycles. The Morgan fingerprint density at radius 3 is 2.24 bits per heavy atom. The summed E-state index contributed by atoms with van der Waals surface area (Å²) in [5.74, 6) is -1.17. The summed E-state index contributed by atoms with van der Waals surface area (Å²) in [5, 5.41) is 3.31. The van der Waals surface area contributed by atoms with Crippen LogP contribution in [0.1, 0.15) is 36.1 Å². The topological polar surface area (TPSA) is 114 Å². The molecular weight excluding hydrogens is 462 g/mol. The maximum absolute atomic E-state index is 12.6. The minimum atomic E-state index is -3.63. The van der Waals surface area contributed by atoms with Crippen LogP contribution in [0.5, 0.6) is 0 Å². The SMILES string of the molecule is Cc1nc(-c2ccccc2)sc1C(=O)O[C@H](C)C(=O)Nc1ccc(S(=O)(=O)NC(C)C)cc1. The number of carbonyl (C=O) groups excluding carboxylic acids is 2. The number of rotatable bonds is 8. The van der Waals surface area contributed by atoms with Crippen LogP contribution in [0.2, 0.25) is 0 Å². The molecule has 0 bridgehead atoms. The first-order chi connectivity index (χ1) is 15.6. The first kappa shape index (κ1) is 24.6. The van der Waals surface area contributed by atoms with Gasteiger partial charge in [0.05, 0.1) is 10.6 Å². The number of hydrogen-bond donors (Lipinski definition) is 2. The van der Waals surface area contributed by atoms with Crippen molar-refractivity contribution in [3.05, 3.63) is 65.2 Å². The minimum Gasteiger partial charge on any atom is -0.448 e. The van der Waals surface area contributed by atoms with Gasteiger partial charge in [-0.3, -0.25) is 4.79 Å². The van der Waals surface area contributed by atoms with Crippen molar-refractivity contribution >= 4 is 38.9 Å². The Hall–Kier alpha value is -3.08. The summed E-state index contributed by atoms with van der Waals surface area (Å²) in [5.41, 5.74) is 1.81. The third kappa shape index (κ3) is 6.25. The molecule has 0 fully saturated rings. The number of ether oxygens (including phenoxy) is 1. The fourth-order valence-electron chi connectivity index (χ4n) is 2.90. The van der Waals surface area contributed by atoms with Crippen molar-refractivity contribution in [1.29, 1.82) is 0 Å².